The van der Waals surface area contributed by atoms with Crippen molar-refractivity contribution in [2.45, 2.75) is 72.5 Å². The minimum absolute atomic E-state index is 0.0120. The van der Waals surface area contributed by atoms with Gasteiger partial charge in [0.25, 0.3) is 0 Å². The van der Waals surface area contributed by atoms with Crippen molar-refractivity contribution in [3.63, 3.8) is 0 Å². The molecule has 0 aliphatic heterocycles. The van der Waals surface area contributed by atoms with Crippen LogP contribution in [-0.2, 0) is 19.1 Å². The van der Waals surface area contributed by atoms with Crippen LogP contribution in [0.25, 0.3) is 0 Å². The minimum Gasteiger partial charge on any atom is -0.458 e. The molecule has 0 spiro atoms. The molecule has 0 aromatic heterocycles. The van der Waals surface area contributed by atoms with Gasteiger partial charge in [-0.25, -0.2) is 0 Å². The van der Waals surface area contributed by atoms with Crippen LogP contribution in [0.1, 0.15) is 60.3 Å². The molecule has 2 aliphatic carbocycles. The molecule has 0 radical (unpaired) electrons. The van der Waals surface area contributed by atoms with Crippen LogP contribution in [-0.4, -0.2) is 24.1 Å². The molecule has 128 valence electrons. The molecule has 0 saturated heterocycles. The molecule has 4 heteroatoms. The summed E-state index contributed by atoms with van der Waals surface area (Å²) >= 11 is 0. The van der Waals surface area contributed by atoms with E-state index in [1.54, 1.807) is 0 Å². The lowest BCUT2D eigenvalue weighted by Crippen LogP contribution is -2.39. The quantitative estimate of drug-likeness (QED) is 0.571. The van der Waals surface area contributed by atoms with Gasteiger partial charge >= 0.3 is 11.9 Å². The van der Waals surface area contributed by atoms with E-state index in [0.29, 0.717) is 12.3 Å². The average molecular weight is 320 g/mol. The number of hydrogen-bond donors (Lipinski definition) is 0. The Balaban J connectivity index is 2.42. The Labute approximate surface area is 138 Å². The highest BCUT2D eigenvalue weighted by atomic mass is 16.6. The van der Waals surface area contributed by atoms with Gasteiger partial charge in [0.1, 0.15) is 6.10 Å². The van der Waals surface area contributed by atoms with Crippen LogP contribution in [0, 0.1) is 11.3 Å². The summed E-state index contributed by atoms with van der Waals surface area (Å²) in [4.78, 5) is 23.0. The number of fused-ring (bicyclic) bond motifs is 1. The van der Waals surface area contributed by atoms with Crippen LogP contribution < -0.4 is 0 Å². The molecule has 0 bridgehead atoms. The van der Waals surface area contributed by atoms with Crippen LogP contribution in [0.5, 0.6) is 0 Å². The fourth-order valence-corrected chi connectivity index (χ4v) is 3.93. The molecule has 0 N–H and O–H groups in total. The first kappa shape index (κ1) is 17.8. The monoisotopic (exact) mass is 320 g/mol. The van der Waals surface area contributed by atoms with Gasteiger partial charge in [-0.15, -0.1) is 0 Å². The lowest BCUT2D eigenvalue weighted by atomic mass is 9.64. The van der Waals surface area contributed by atoms with Gasteiger partial charge in [-0.3, -0.25) is 9.59 Å². The second kappa shape index (κ2) is 6.90. The number of carbonyl (C=O) groups excluding carboxylic acids is 2. The fraction of sp³-hybridized carbons (Fsp3) is 0.684. The maximum atomic E-state index is 11.5. The molecule has 0 saturated carbocycles. The molecule has 4 nitrogen and oxygen atoms in total. The van der Waals surface area contributed by atoms with Crippen molar-refractivity contribution in [3.05, 3.63) is 23.3 Å². The Morgan fingerprint density at radius 1 is 1.17 bits per heavy atom. The highest BCUT2D eigenvalue weighted by molar-refractivity contribution is 5.67. The minimum atomic E-state index is -0.496. The van der Waals surface area contributed by atoms with Crippen LogP contribution in [0.15, 0.2) is 23.3 Å². The largest absolute Gasteiger partial charge is 0.458 e. The maximum absolute atomic E-state index is 11.5. The number of ether oxygens (including phenoxy) is 2. The second-order valence-electron chi connectivity index (χ2n) is 7.10. The smallest absolute Gasteiger partial charge is 0.303 e. The number of hydrogen-bond acceptors (Lipinski definition) is 4. The van der Waals surface area contributed by atoms with Gasteiger partial charge in [-0.05, 0) is 44.1 Å². The van der Waals surface area contributed by atoms with Gasteiger partial charge in [-0.1, -0.05) is 31.6 Å². The van der Waals surface area contributed by atoms with E-state index in [2.05, 4.69) is 26.0 Å². The van der Waals surface area contributed by atoms with Crippen molar-refractivity contribution in [2.75, 3.05) is 0 Å². The highest BCUT2D eigenvalue weighted by Gasteiger charge is 2.40. The summed E-state index contributed by atoms with van der Waals surface area (Å²) in [6, 6.07) is 0. The summed E-state index contributed by atoms with van der Waals surface area (Å²) in [5.74, 6) is -0.145. The summed E-state index contributed by atoms with van der Waals surface area (Å²) in [7, 11) is 0. The predicted octanol–water partition coefficient (Wildman–Crippen LogP) is 3.95. The van der Waals surface area contributed by atoms with Crippen molar-refractivity contribution in [2.24, 2.45) is 11.3 Å². The third kappa shape index (κ3) is 3.85. The summed E-state index contributed by atoms with van der Waals surface area (Å²) in [6.45, 7) is 9.31. The van der Waals surface area contributed by atoms with E-state index in [9.17, 15) is 9.59 Å². The van der Waals surface area contributed by atoms with Gasteiger partial charge < -0.3 is 9.47 Å². The molecular formula is C19H28O4. The number of carbonyl (C=O) groups is 2. The van der Waals surface area contributed by atoms with Gasteiger partial charge in [0.2, 0.25) is 0 Å². The first-order chi connectivity index (χ1) is 10.7. The first-order valence-electron chi connectivity index (χ1n) is 8.47. The molecular weight excluding hydrogens is 292 g/mol. The van der Waals surface area contributed by atoms with Crippen molar-refractivity contribution in [1.29, 1.82) is 0 Å². The predicted molar refractivity (Wildman–Crippen MR) is 88.7 cm³/mol. The third-order valence-electron chi connectivity index (χ3n) is 5.33. The van der Waals surface area contributed by atoms with Crippen molar-refractivity contribution < 1.29 is 19.1 Å². The Morgan fingerprint density at radius 2 is 1.83 bits per heavy atom. The Bertz CT molecular complexity index is 546. The molecule has 0 aromatic carbocycles. The van der Waals surface area contributed by atoms with Gasteiger partial charge in [0.05, 0.1) is 0 Å². The zero-order chi connectivity index (χ0) is 17.2. The molecule has 0 amide bonds. The lowest BCUT2D eigenvalue weighted by molar-refractivity contribution is -0.163. The summed E-state index contributed by atoms with van der Waals surface area (Å²) in [6.07, 6.45) is 7.45. The topological polar surface area (TPSA) is 52.6 Å². The molecule has 0 fully saturated rings. The van der Waals surface area contributed by atoms with Crippen LogP contribution in [0.2, 0.25) is 0 Å². The summed E-state index contributed by atoms with van der Waals surface area (Å²) in [5, 5.41) is 0. The standard InChI is InChI=1S/C19H28O4/c1-12-11-19(5)13(2)7-6-8-16(19)9-10-17(22-14(3)20)18(12)23-15(4)21/h8,11,13,17-18H,6-7,9-10H2,1-5H3/b12-11-/t13-,17-,18+,19+/m0/s1. The van der Waals surface area contributed by atoms with Crippen molar-refractivity contribution in [3.8, 4) is 0 Å². The SMILES string of the molecule is CC(=O)O[C@H]1CCC2=CCC[C@H](C)[C@@]2(C)/C=C(/C)[C@H]1OC(C)=O. The van der Waals surface area contributed by atoms with Crippen molar-refractivity contribution in [1.82, 2.24) is 0 Å². The van der Waals surface area contributed by atoms with E-state index in [0.717, 1.165) is 24.8 Å². The molecule has 2 rings (SSSR count). The molecule has 23 heavy (non-hydrogen) atoms. The highest BCUT2D eigenvalue weighted by Crippen LogP contribution is 2.47. The zero-order valence-corrected chi connectivity index (χ0v) is 14.8. The van der Waals surface area contributed by atoms with E-state index in [1.807, 2.05) is 6.92 Å². The third-order valence-corrected chi connectivity index (χ3v) is 5.33. The van der Waals surface area contributed by atoms with Crippen LogP contribution >= 0.6 is 0 Å². The molecule has 0 aromatic rings. The molecule has 2 aliphatic rings. The van der Waals surface area contributed by atoms with Crippen LogP contribution in [0.4, 0.5) is 0 Å². The normalized spacial score (nSPS) is 36.5. The number of allylic oxidation sites excluding steroid dienone is 3. The Hall–Kier alpha value is -1.58. The van der Waals surface area contributed by atoms with E-state index in [4.69, 9.17) is 9.47 Å². The Kier molecular flexibility index (Phi) is 5.33. The Morgan fingerprint density at radius 3 is 2.43 bits per heavy atom. The number of rotatable bonds is 2. The van der Waals surface area contributed by atoms with Gasteiger partial charge in [-0.2, -0.15) is 0 Å². The average Bonchev–Trinajstić information content (AvgIpc) is 2.43. The van der Waals surface area contributed by atoms with Gasteiger partial charge in [0, 0.05) is 19.3 Å². The first-order valence-corrected chi connectivity index (χ1v) is 8.47. The molecule has 0 heterocycles. The molecule has 4 atom stereocenters. The summed E-state index contributed by atoms with van der Waals surface area (Å²) in [5.41, 5.74) is 2.37. The number of esters is 2. The lowest BCUT2D eigenvalue weighted by Gasteiger charge is -2.42. The van der Waals surface area contributed by atoms with Crippen LogP contribution in [0.3, 0.4) is 0 Å². The van der Waals surface area contributed by atoms with Gasteiger partial charge in [0.15, 0.2) is 6.10 Å². The maximum Gasteiger partial charge on any atom is 0.303 e. The van der Waals surface area contributed by atoms with E-state index >= 15 is 0 Å². The van der Waals surface area contributed by atoms with Crippen molar-refractivity contribution >= 4 is 11.9 Å². The fourth-order valence-electron chi connectivity index (χ4n) is 3.93. The second-order valence-corrected chi connectivity index (χ2v) is 7.10. The summed E-state index contributed by atoms with van der Waals surface area (Å²) < 4.78 is 11.0. The van der Waals surface area contributed by atoms with E-state index in [-0.39, 0.29) is 17.4 Å². The zero-order valence-electron chi connectivity index (χ0n) is 14.8. The van der Waals surface area contributed by atoms with E-state index < -0.39 is 12.2 Å². The molecule has 0 unspecified atom stereocenters. The van der Waals surface area contributed by atoms with E-state index in [1.165, 1.54) is 19.4 Å².